The summed E-state index contributed by atoms with van der Waals surface area (Å²) in [5, 5.41) is 14.2. The topological polar surface area (TPSA) is 123 Å². The molecule has 0 saturated heterocycles. The highest BCUT2D eigenvalue weighted by Crippen LogP contribution is 2.42. The molecule has 0 atom stereocenters. The first kappa shape index (κ1) is 19.7. The van der Waals surface area contributed by atoms with Crippen molar-refractivity contribution >= 4 is 40.2 Å². The molecule has 164 valence electrons. The van der Waals surface area contributed by atoms with Crippen LogP contribution >= 0.6 is 11.8 Å². The Balaban J connectivity index is 1.26. The van der Waals surface area contributed by atoms with Gasteiger partial charge in [-0.05, 0) is 31.0 Å². The Morgan fingerprint density at radius 1 is 1.00 bits per heavy atom. The Bertz CT molecular complexity index is 1420. The fourth-order valence-electron chi connectivity index (χ4n) is 3.82. The molecule has 0 amide bonds. The minimum absolute atomic E-state index is 0.183. The summed E-state index contributed by atoms with van der Waals surface area (Å²) < 4.78 is 2.24. The molecule has 0 bridgehead atoms. The van der Waals surface area contributed by atoms with Crippen LogP contribution in [0.5, 0.6) is 0 Å². The Kier molecular flexibility index (Phi) is 4.91. The van der Waals surface area contributed by atoms with Crippen molar-refractivity contribution in [3.63, 3.8) is 0 Å². The van der Waals surface area contributed by atoms with E-state index in [1.54, 1.807) is 11.8 Å². The van der Waals surface area contributed by atoms with Crippen LogP contribution in [0.4, 0.5) is 17.6 Å². The molecule has 3 heterocycles. The van der Waals surface area contributed by atoms with E-state index in [0.29, 0.717) is 23.6 Å². The second-order valence-corrected chi connectivity index (χ2v) is 8.81. The number of thioether (sulfide) groups is 1. The highest BCUT2D eigenvalue weighted by Gasteiger charge is 2.31. The summed E-state index contributed by atoms with van der Waals surface area (Å²) in [4.78, 5) is 16.4. The number of nitrogens with two attached hydrogens (primary N) is 1. The number of fused-ring (bicyclic) bond motifs is 1. The predicted octanol–water partition coefficient (Wildman–Crippen LogP) is 4.56. The van der Waals surface area contributed by atoms with Crippen LogP contribution in [0.25, 0.3) is 22.3 Å². The van der Waals surface area contributed by atoms with Gasteiger partial charge in [0.25, 0.3) is 0 Å². The number of benzene rings is 2. The van der Waals surface area contributed by atoms with Crippen molar-refractivity contribution in [3.8, 4) is 11.4 Å². The summed E-state index contributed by atoms with van der Waals surface area (Å²) in [5.74, 6) is 2.59. The number of rotatable bonds is 7. The first-order valence-corrected chi connectivity index (χ1v) is 11.7. The lowest BCUT2D eigenvalue weighted by atomic mass is 10.1. The Morgan fingerprint density at radius 3 is 2.67 bits per heavy atom. The maximum absolute atomic E-state index is 5.94. The van der Waals surface area contributed by atoms with Gasteiger partial charge in [-0.25, -0.2) is 0 Å². The van der Waals surface area contributed by atoms with Gasteiger partial charge >= 0.3 is 0 Å². The Labute approximate surface area is 193 Å². The lowest BCUT2D eigenvalue weighted by Gasteiger charge is -2.09. The van der Waals surface area contributed by atoms with Crippen molar-refractivity contribution in [3.05, 3.63) is 66.6 Å². The van der Waals surface area contributed by atoms with E-state index in [0.717, 1.165) is 46.0 Å². The van der Waals surface area contributed by atoms with E-state index >= 15 is 0 Å². The first-order valence-electron chi connectivity index (χ1n) is 10.7. The Morgan fingerprint density at radius 2 is 1.82 bits per heavy atom. The minimum Gasteiger partial charge on any atom is -0.368 e. The summed E-state index contributed by atoms with van der Waals surface area (Å²) in [7, 11) is 0. The maximum atomic E-state index is 5.94. The van der Waals surface area contributed by atoms with E-state index in [1.807, 2.05) is 48.7 Å². The van der Waals surface area contributed by atoms with E-state index in [-0.39, 0.29) is 5.95 Å². The Hall–Kier alpha value is -3.92. The molecule has 1 fully saturated rings. The maximum Gasteiger partial charge on any atom is 0.232 e. The number of hydrogen-bond donors (Lipinski definition) is 3. The number of anilines is 3. The van der Waals surface area contributed by atoms with E-state index in [2.05, 4.69) is 52.1 Å². The van der Waals surface area contributed by atoms with Crippen LogP contribution in [0.15, 0.2) is 66.0 Å². The third-order valence-electron chi connectivity index (χ3n) is 5.47. The number of para-hydroxylation sites is 2. The average molecular weight is 456 g/mol. The summed E-state index contributed by atoms with van der Waals surface area (Å²) in [6, 6.07) is 18.4. The lowest BCUT2D eigenvalue weighted by Crippen LogP contribution is -2.07. The van der Waals surface area contributed by atoms with Crippen LogP contribution in [0.1, 0.15) is 24.7 Å². The molecule has 0 unspecified atom stereocenters. The number of nitrogens with zero attached hydrogens (tertiary/aromatic N) is 6. The smallest absolute Gasteiger partial charge is 0.232 e. The molecule has 2 aromatic carbocycles. The van der Waals surface area contributed by atoms with Crippen LogP contribution in [0.3, 0.4) is 0 Å². The third-order valence-corrected chi connectivity index (χ3v) is 6.41. The molecular weight excluding hydrogens is 434 g/mol. The van der Waals surface area contributed by atoms with Crippen molar-refractivity contribution in [1.82, 2.24) is 34.7 Å². The van der Waals surface area contributed by atoms with Gasteiger partial charge < -0.3 is 16.0 Å². The molecule has 9 nitrogen and oxygen atoms in total. The molecule has 5 aromatic rings. The molecule has 10 heteroatoms. The normalized spacial score (nSPS) is 13.5. The summed E-state index contributed by atoms with van der Waals surface area (Å²) >= 11 is 1.56. The predicted molar refractivity (Wildman–Crippen MR) is 129 cm³/mol. The molecule has 0 aliphatic heterocycles. The molecule has 1 aliphatic carbocycles. The van der Waals surface area contributed by atoms with E-state index in [9.17, 15) is 0 Å². The van der Waals surface area contributed by atoms with Crippen LogP contribution in [0, 0.1) is 0 Å². The van der Waals surface area contributed by atoms with E-state index < -0.39 is 0 Å². The zero-order valence-corrected chi connectivity index (χ0v) is 18.5. The molecule has 0 spiro atoms. The van der Waals surface area contributed by atoms with Gasteiger partial charge in [0, 0.05) is 34.4 Å². The largest absolute Gasteiger partial charge is 0.368 e. The number of nitrogen functional groups attached to an aromatic ring is 1. The number of H-pyrrole nitrogens is 1. The van der Waals surface area contributed by atoms with Gasteiger partial charge in [-0.3, -0.25) is 4.57 Å². The summed E-state index contributed by atoms with van der Waals surface area (Å²) in [6.45, 7) is 0. The lowest BCUT2D eigenvalue weighted by molar-refractivity contribution is 0.669. The zero-order valence-electron chi connectivity index (χ0n) is 17.6. The molecular formula is C23H21N9S. The zero-order chi connectivity index (χ0) is 22.2. The van der Waals surface area contributed by atoms with Crippen molar-refractivity contribution in [2.75, 3.05) is 11.1 Å². The van der Waals surface area contributed by atoms with Crippen LogP contribution in [-0.4, -0.2) is 34.7 Å². The fraction of sp³-hybridized carbons (Fsp3) is 0.174. The van der Waals surface area contributed by atoms with Crippen molar-refractivity contribution < 1.29 is 0 Å². The number of nitrogens with one attached hydrogen (secondary N) is 2. The molecule has 33 heavy (non-hydrogen) atoms. The van der Waals surface area contributed by atoms with Crippen molar-refractivity contribution in [1.29, 1.82) is 0 Å². The molecule has 4 N–H and O–H groups in total. The molecule has 3 aromatic heterocycles. The van der Waals surface area contributed by atoms with Crippen LogP contribution in [0.2, 0.25) is 0 Å². The van der Waals surface area contributed by atoms with Crippen molar-refractivity contribution in [2.24, 2.45) is 0 Å². The SMILES string of the molecule is Nc1nc(CSc2nnc(-c3c[nH]c4ccccc34)n2C2CC2)nc(Nc2ccccc2)n1. The highest BCUT2D eigenvalue weighted by molar-refractivity contribution is 7.98. The standard InChI is InChI=1S/C23H21N9S/c24-21-27-19(28-22(29-21)26-14-6-2-1-3-7-14)13-33-23-31-30-20(32(23)15-10-11-15)17-12-25-18-9-5-4-8-16(17)18/h1-9,12,15,25H,10-11,13H2,(H3,24,26,27,28,29). The van der Waals surface area contributed by atoms with Gasteiger partial charge in [-0.15, -0.1) is 10.2 Å². The summed E-state index contributed by atoms with van der Waals surface area (Å²) in [5.41, 5.74) is 8.99. The van der Waals surface area contributed by atoms with Crippen LogP contribution in [-0.2, 0) is 5.75 Å². The number of hydrogen-bond acceptors (Lipinski definition) is 8. The second kappa shape index (κ2) is 8.21. The minimum atomic E-state index is 0.183. The second-order valence-electron chi connectivity index (χ2n) is 7.87. The van der Waals surface area contributed by atoms with Gasteiger partial charge in [0.1, 0.15) is 5.82 Å². The fourth-order valence-corrected chi connectivity index (χ4v) is 4.68. The first-order chi connectivity index (χ1) is 16.2. The highest BCUT2D eigenvalue weighted by atomic mass is 32.2. The number of aromatic amines is 1. The third kappa shape index (κ3) is 4.00. The van der Waals surface area contributed by atoms with E-state index in [1.165, 1.54) is 0 Å². The van der Waals surface area contributed by atoms with Crippen molar-refractivity contribution in [2.45, 2.75) is 29.8 Å². The molecule has 1 saturated carbocycles. The van der Waals surface area contributed by atoms with Gasteiger partial charge in [0.15, 0.2) is 11.0 Å². The monoisotopic (exact) mass is 455 g/mol. The quantitative estimate of drug-likeness (QED) is 0.305. The van der Waals surface area contributed by atoms with Gasteiger partial charge in [-0.1, -0.05) is 48.2 Å². The average Bonchev–Trinajstić information content (AvgIpc) is 3.44. The van der Waals surface area contributed by atoms with Gasteiger partial charge in [-0.2, -0.15) is 15.0 Å². The summed E-state index contributed by atoms with van der Waals surface area (Å²) in [6.07, 6.45) is 4.27. The van der Waals surface area contributed by atoms with Gasteiger partial charge in [0.2, 0.25) is 11.9 Å². The molecule has 0 radical (unpaired) electrons. The molecule has 6 rings (SSSR count). The number of aromatic nitrogens is 7. The molecule has 1 aliphatic rings. The van der Waals surface area contributed by atoms with Gasteiger partial charge in [0.05, 0.1) is 5.75 Å². The van der Waals surface area contributed by atoms with E-state index in [4.69, 9.17) is 5.73 Å². The van der Waals surface area contributed by atoms with Crippen LogP contribution < -0.4 is 11.1 Å².